The van der Waals surface area contributed by atoms with Gasteiger partial charge in [-0.1, -0.05) is 232 Å². The molecular formula is C82H56N4OPt-2. The maximum atomic E-state index is 10.4. The Morgan fingerprint density at radius 3 is 1.69 bits per heavy atom. The number of nitrogens with zero attached hydrogens (tertiary/aromatic N) is 4. The van der Waals surface area contributed by atoms with E-state index in [1.54, 1.807) is 106 Å². The van der Waals surface area contributed by atoms with Gasteiger partial charge in [0.2, 0.25) is 0 Å². The Morgan fingerprint density at radius 1 is 0.455 bits per heavy atom. The Labute approximate surface area is 559 Å². The summed E-state index contributed by atoms with van der Waals surface area (Å²) in [5, 5.41) is 1.78. The number of hydrogen-bond donors (Lipinski definition) is 0. The molecule has 0 atom stereocenters. The van der Waals surface area contributed by atoms with E-state index in [0.717, 1.165) is 21.9 Å². The second kappa shape index (κ2) is 22.1. The van der Waals surface area contributed by atoms with E-state index < -0.39 is 167 Å². The van der Waals surface area contributed by atoms with Crippen LogP contribution in [0.4, 0.5) is 0 Å². The van der Waals surface area contributed by atoms with Crippen molar-refractivity contribution in [2.45, 2.75) is 26.2 Å². The van der Waals surface area contributed by atoms with Crippen molar-refractivity contribution in [1.82, 2.24) is 14.1 Å². The normalized spacial score (nSPS) is 15.4. The summed E-state index contributed by atoms with van der Waals surface area (Å²) in [6.07, 6.45) is 5.33. The molecule has 6 heteroatoms. The van der Waals surface area contributed by atoms with Gasteiger partial charge in [0.1, 0.15) is 5.82 Å². The van der Waals surface area contributed by atoms with Gasteiger partial charge in [0, 0.05) is 44.3 Å². The minimum Gasteiger partial charge on any atom is -0.510 e. The SMILES string of the molecule is [2H]c1c([2H])c([2H])c(-c2cccc3c2-c2cccc(-c4c([2H])c([2H])c([2H])c([2H])c4[2H])c2-[n+]2[c-]n(-c4[c-]c(Oc5[c-]c6c(cc5)c5ccccc5n6-c5cc(C(C)(C)C)ccn5)ccc4)c4cc(-c5c([2H])c(-c6c([2H])c([2H])c([2H])c([2H])c6[2H])c([2H])c(-c6c([2H])c([2H])c([2H])c([2H])c6[2H])c5[2H])cc(c42)-c2ccccc2-3)c([2H])c1[2H].[Pt]. The Hall–Kier alpha value is -10.5. The van der Waals surface area contributed by atoms with Gasteiger partial charge in [-0.3, -0.25) is 4.57 Å². The summed E-state index contributed by atoms with van der Waals surface area (Å²) in [5.74, 6) is 1.01. The van der Waals surface area contributed by atoms with Crippen molar-refractivity contribution >= 4 is 32.8 Å². The summed E-state index contributed by atoms with van der Waals surface area (Å²) in [7, 11) is 0. The summed E-state index contributed by atoms with van der Waals surface area (Å²) in [5.41, 5.74) is 1.02. The number of hydrogen-bond acceptors (Lipinski definition) is 2. The second-order valence-electron chi connectivity index (χ2n) is 21.7. The summed E-state index contributed by atoms with van der Waals surface area (Å²) < 4.78 is 225. The fourth-order valence-electron chi connectivity index (χ4n) is 11.6. The van der Waals surface area contributed by atoms with Crippen LogP contribution in [0, 0.1) is 18.5 Å². The standard InChI is InChI=1S/C82H56N4O.Pt/c1-82(2,3)62-43-44-83-78(50-62)86-75-40-19-18-35-70(75)71-42-41-65(52-76(71)86)87-64-32-20-31-63(51-64)84-53-85-80-67(57-29-14-7-15-30-57)37-22-39-73(80)79-66(56-27-12-6-13-28-56)36-21-38-72(79)68-33-16-17-34-69(68)74-48-61(49-77(84)81(74)85)60-46-58(54-23-8-4-9-24-54)45-59(47-60)55-25-10-5-11-26-55;/h4-50H,1-3H3;/q-2;/i4D,5D,6D,7D,8D,9D,10D,11D,12D,13D,14D,15D,23D,24D,25D,26D,27D,28D,29D,30D,45D,46D,47D;. The third kappa shape index (κ3) is 9.47. The number of ether oxygens (including phenoxy) is 1. The third-order valence-corrected chi connectivity index (χ3v) is 15.5. The van der Waals surface area contributed by atoms with Crippen LogP contribution in [0.15, 0.2) is 285 Å². The fraction of sp³-hybridized carbons (Fsp3) is 0.0488. The van der Waals surface area contributed by atoms with Gasteiger partial charge < -0.3 is 13.9 Å². The van der Waals surface area contributed by atoms with Gasteiger partial charge in [-0.15, -0.1) is 29.7 Å². The predicted octanol–water partition coefficient (Wildman–Crippen LogP) is 20.5. The summed E-state index contributed by atoms with van der Waals surface area (Å²) in [6.45, 7) is 6.35. The molecule has 0 radical (unpaired) electrons. The van der Waals surface area contributed by atoms with Crippen LogP contribution in [0.2, 0.25) is 0 Å². The Balaban J connectivity index is 0.00000977. The van der Waals surface area contributed by atoms with Crippen molar-refractivity contribution in [3.8, 4) is 118 Å². The van der Waals surface area contributed by atoms with E-state index in [9.17, 15) is 15.1 Å². The van der Waals surface area contributed by atoms with Crippen LogP contribution < -0.4 is 9.30 Å². The van der Waals surface area contributed by atoms with Crippen molar-refractivity contribution in [1.29, 1.82) is 0 Å². The molecule has 0 spiro atoms. The zero-order chi connectivity index (χ0) is 78.2. The van der Waals surface area contributed by atoms with Gasteiger partial charge in [0.05, 0.1) is 48.2 Å². The molecule has 4 heterocycles. The van der Waals surface area contributed by atoms with E-state index in [2.05, 4.69) is 39.2 Å². The van der Waals surface area contributed by atoms with Gasteiger partial charge in [0.15, 0.2) is 0 Å². The molecule has 0 saturated heterocycles. The number of rotatable bonds is 9. The Morgan fingerprint density at radius 2 is 1.01 bits per heavy atom. The van der Waals surface area contributed by atoms with Crippen LogP contribution in [-0.2, 0) is 26.5 Å². The molecule has 0 fully saturated rings. The number of aromatic nitrogens is 4. The van der Waals surface area contributed by atoms with Crippen molar-refractivity contribution in [2.75, 3.05) is 0 Å². The largest absolute Gasteiger partial charge is 0.510 e. The van der Waals surface area contributed by atoms with E-state index in [-0.39, 0.29) is 105 Å². The average Bonchev–Trinajstić information content (AvgIpc) is 1.52. The van der Waals surface area contributed by atoms with E-state index in [0.29, 0.717) is 28.0 Å². The van der Waals surface area contributed by atoms with Crippen molar-refractivity contribution in [3.63, 3.8) is 0 Å². The summed E-state index contributed by atoms with van der Waals surface area (Å²) in [4.78, 5) is 4.85. The molecule has 0 aliphatic carbocycles. The third-order valence-electron chi connectivity index (χ3n) is 15.5. The zero-order valence-electron chi connectivity index (χ0n) is 69.9. The van der Waals surface area contributed by atoms with Gasteiger partial charge >= 0.3 is 0 Å². The molecule has 0 saturated carbocycles. The average molecular weight is 1330 g/mol. The number of fused-ring (bicyclic) bond motifs is 10. The molecular weight excluding hydrogens is 1250 g/mol. The molecule has 0 bridgehead atoms. The van der Waals surface area contributed by atoms with Crippen LogP contribution in [-0.4, -0.2) is 14.1 Å². The zero-order valence-corrected chi connectivity index (χ0v) is 49.1. The van der Waals surface area contributed by atoms with E-state index in [4.69, 9.17) is 26.2 Å². The van der Waals surface area contributed by atoms with Crippen molar-refractivity contribution in [2.24, 2.45) is 0 Å². The van der Waals surface area contributed by atoms with E-state index in [1.807, 2.05) is 47.0 Å². The molecule has 15 aromatic rings. The summed E-state index contributed by atoms with van der Waals surface area (Å²) in [6, 6.07) is 30.1. The van der Waals surface area contributed by atoms with Crippen molar-refractivity contribution < 1.29 is 61.9 Å². The molecule has 1 aliphatic heterocycles. The van der Waals surface area contributed by atoms with Crippen LogP contribution in [0.3, 0.4) is 0 Å². The number of pyridine rings is 1. The predicted molar refractivity (Wildman–Crippen MR) is 356 cm³/mol. The first-order valence-electron chi connectivity index (χ1n) is 39.3. The van der Waals surface area contributed by atoms with Gasteiger partial charge in [-0.25, -0.2) is 4.98 Å². The Bertz CT molecular complexity index is 6410. The van der Waals surface area contributed by atoms with Crippen LogP contribution >= 0.6 is 0 Å². The number of imidazole rings is 1. The minimum atomic E-state index is -0.883. The van der Waals surface area contributed by atoms with Crippen LogP contribution in [0.1, 0.15) is 57.9 Å². The maximum absolute atomic E-state index is 10.4. The van der Waals surface area contributed by atoms with E-state index in [1.165, 1.54) is 6.07 Å². The fourth-order valence-corrected chi connectivity index (χ4v) is 11.6. The molecule has 5 nitrogen and oxygen atoms in total. The first kappa shape index (κ1) is 34.6. The monoisotopic (exact) mass is 1330 g/mol. The molecule has 0 N–H and O–H groups in total. The number of benzene rings is 12. The second-order valence-corrected chi connectivity index (χ2v) is 21.7. The smallest absolute Gasteiger partial charge is 0.268 e. The molecule has 422 valence electrons. The van der Waals surface area contributed by atoms with Crippen molar-refractivity contribution in [3.05, 3.63) is 309 Å². The minimum absolute atomic E-state index is 0. The molecule has 16 rings (SSSR count). The van der Waals surface area contributed by atoms with Gasteiger partial charge in [-0.2, -0.15) is 18.2 Å². The molecule has 88 heavy (non-hydrogen) atoms. The molecule has 12 aromatic carbocycles. The molecule has 0 unspecified atom stereocenters. The first-order chi connectivity index (χ1) is 52.3. The topological polar surface area (TPSA) is 35.9 Å². The van der Waals surface area contributed by atoms with Crippen LogP contribution in [0.25, 0.3) is 139 Å². The summed E-state index contributed by atoms with van der Waals surface area (Å²) >= 11 is 0. The maximum Gasteiger partial charge on any atom is 0.268 e. The quantitative estimate of drug-likeness (QED) is 0.107. The molecule has 3 aromatic heterocycles. The Kier molecular flexibility index (Phi) is 8.70. The van der Waals surface area contributed by atoms with Gasteiger partial charge in [0.25, 0.3) is 6.33 Å². The molecule has 1 aliphatic rings. The van der Waals surface area contributed by atoms with E-state index >= 15 is 0 Å². The number of para-hydroxylation sites is 2. The molecule has 0 amide bonds. The first-order valence-corrected chi connectivity index (χ1v) is 27.8. The van der Waals surface area contributed by atoms with Gasteiger partial charge in [-0.05, 0) is 153 Å². The van der Waals surface area contributed by atoms with Crippen LogP contribution in [0.5, 0.6) is 11.5 Å².